The van der Waals surface area contributed by atoms with Gasteiger partial charge in [-0.25, -0.2) is 4.98 Å². The molecular weight excluding hydrogens is 250 g/mol. The molecule has 2 rings (SSSR count). The predicted molar refractivity (Wildman–Crippen MR) is 68.7 cm³/mol. The molecule has 0 atom stereocenters. The van der Waals surface area contributed by atoms with Gasteiger partial charge in [-0.1, -0.05) is 12.2 Å². The van der Waals surface area contributed by atoms with Gasteiger partial charge in [-0.15, -0.1) is 0 Å². The van der Waals surface area contributed by atoms with Crippen LogP contribution in [0.25, 0.3) is 0 Å². The fraction of sp³-hybridized carbons (Fsp3) is 0.273. The van der Waals surface area contributed by atoms with Crippen molar-refractivity contribution in [1.82, 2.24) is 25.1 Å². The van der Waals surface area contributed by atoms with E-state index in [1.165, 1.54) is 6.33 Å². The van der Waals surface area contributed by atoms with Crippen molar-refractivity contribution in [2.24, 2.45) is 7.05 Å². The van der Waals surface area contributed by atoms with Crippen LogP contribution in [0, 0.1) is 4.64 Å². The van der Waals surface area contributed by atoms with Crippen molar-refractivity contribution in [2.45, 2.75) is 6.42 Å². The highest BCUT2D eigenvalue weighted by atomic mass is 32.1. The molecule has 0 radical (unpaired) electrons. The molecule has 2 aromatic heterocycles. The third-order valence-corrected chi connectivity index (χ3v) is 2.84. The number of amides is 1. The third kappa shape index (κ3) is 2.80. The van der Waals surface area contributed by atoms with E-state index < -0.39 is 0 Å². The highest BCUT2D eigenvalue weighted by Crippen LogP contribution is 1.99. The number of nitrogens with one attached hydrogen (secondary N) is 2. The van der Waals surface area contributed by atoms with Crippen LogP contribution in [0.15, 0.2) is 24.7 Å². The number of aryl methyl sites for hydroxylation is 1. The Kier molecular flexibility index (Phi) is 3.83. The summed E-state index contributed by atoms with van der Waals surface area (Å²) >= 11 is 5.04. The number of aromatic amines is 1. The molecule has 6 nitrogen and oxygen atoms in total. The number of nitrogens with zero attached hydrogens (tertiary/aromatic N) is 3. The fourth-order valence-corrected chi connectivity index (χ4v) is 1.76. The minimum Gasteiger partial charge on any atom is -0.352 e. The Balaban J connectivity index is 1.92. The molecule has 2 heterocycles. The second-order valence-corrected chi connectivity index (χ2v) is 4.13. The van der Waals surface area contributed by atoms with E-state index in [1.54, 1.807) is 23.0 Å². The highest BCUT2D eigenvalue weighted by Gasteiger charge is 2.07. The number of hydrogen-bond acceptors (Lipinski definition) is 4. The SMILES string of the molecule is Cn1ncnc1CCNC(=O)c1ccc[nH]c1=S. The van der Waals surface area contributed by atoms with Gasteiger partial charge in [0.05, 0.1) is 5.56 Å². The number of hydrogen-bond donors (Lipinski definition) is 2. The summed E-state index contributed by atoms with van der Waals surface area (Å²) in [4.78, 5) is 18.7. The van der Waals surface area contributed by atoms with E-state index >= 15 is 0 Å². The molecule has 0 unspecified atom stereocenters. The van der Waals surface area contributed by atoms with Gasteiger partial charge in [-0.05, 0) is 12.1 Å². The lowest BCUT2D eigenvalue weighted by Gasteiger charge is -2.04. The number of carbonyl (C=O) groups is 1. The van der Waals surface area contributed by atoms with Crippen molar-refractivity contribution < 1.29 is 4.79 Å². The normalized spacial score (nSPS) is 10.3. The lowest BCUT2D eigenvalue weighted by Crippen LogP contribution is -2.26. The second-order valence-electron chi connectivity index (χ2n) is 3.72. The van der Waals surface area contributed by atoms with Crippen LogP contribution in [-0.2, 0) is 13.5 Å². The summed E-state index contributed by atoms with van der Waals surface area (Å²) in [7, 11) is 1.82. The molecule has 0 aromatic carbocycles. The molecule has 0 aliphatic heterocycles. The van der Waals surface area contributed by atoms with Gasteiger partial charge in [0.25, 0.3) is 5.91 Å². The molecule has 7 heteroatoms. The van der Waals surface area contributed by atoms with Crippen molar-refractivity contribution in [3.63, 3.8) is 0 Å². The maximum Gasteiger partial charge on any atom is 0.254 e. The van der Waals surface area contributed by atoms with E-state index in [-0.39, 0.29) is 5.91 Å². The molecule has 18 heavy (non-hydrogen) atoms. The Morgan fingerprint density at radius 2 is 2.44 bits per heavy atom. The highest BCUT2D eigenvalue weighted by molar-refractivity contribution is 7.71. The third-order valence-electron chi connectivity index (χ3n) is 2.50. The molecule has 2 aromatic rings. The van der Waals surface area contributed by atoms with Gasteiger partial charge in [0, 0.05) is 26.2 Å². The average molecular weight is 263 g/mol. The lowest BCUT2D eigenvalue weighted by atomic mass is 10.2. The average Bonchev–Trinajstić information content (AvgIpc) is 2.75. The van der Waals surface area contributed by atoms with E-state index in [2.05, 4.69) is 20.4 Å². The van der Waals surface area contributed by atoms with Crippen LogP contribution >= 0.6 is 12.2 Å². The first-order chi connectivity index (χ1) is 8.68. The quantitative estimate of drug-likeness (QED) is 0.802. The fourth-order valence-electron chi connectivity index (χ4n) is 1.53. The van der Waals surface area contributed by atoms with E-state index in [0.29, 0.717) is 23.2 Å². The molecule has 0 saturated carbocycles. The van der Waals surface area contributed by atoms with Crippen LogP contribution in [0.5, 0.6) is 0 Å². The minimum absolute atomic E-state index is 0.181. The first-order valence-electron chi connectivity index (χ1n) is 5.47. The van der Waals surface area contributed by atoms with Gasteiger partial charge in [0.2, 0.25) is 0 Å². The standard InChI is InChI=1S/C11H13N5OS/c1-16-9(14-7-15-16)4-6-12-10(17)8-3-2-5-13-11(8)18/h2-3,5,7H,4,6H2,1H3,(H,12,17)(H,13,18). The van der Waals surface area contributed by atoms with Crippen LogP contribution in [0.1, 0.15) is 16.2 Å². The van der Waals surface area contributed by atoms with Crippen molar-refractivity contribution in [3.05, 3.63) is 40.7 Å². The Labute approximate surface area is 109 Å². The van der Waals surface area contributed by atoms with Gasteiger partial charge in [-0.3, -0.25) is 9.48 Å². The van der Waals surface area contributed by atoms with Crippen LogP contribution in [0.4, 0.5) is 0 Å². The number of pyridine rings is 1. The number of carbonyl (C=O) groups excluding carboxylic acids is 1. The van der Waals surface area contributed by atoms with Crippen molar-refractivity contribution in [1.29, 1.82) is 0 Å². The van der Waals surface area contributed by atoms with Crippen LogP contribution in [-0.4, -0.2) is 32.2 Å². The summed E-state index contributed by atoms with van der Waals surface area (Å²) in [5.74, 6) is 0.646. The summed E-state index contributed by atoms with van der Waals surface area (Å²) in [5.41, 5.74) is 0.477. The summed E-state index contributed by atoms with van der Waals surface area (Å²) in [6, 6.07) is 3.43. The van der Waals surface area contributed by atoms with Gasteiger partial charge < -0.3 is 10.3 Å². The van der Waals surface area contributed by atoms with Crippen LogP contribution in [0.2, 0.25) is 0 Å². The van der Waals surface area contributed by atoms with E-state index in [4.69, 9.17) is 12.2 Å². The zero-order valence-corrected chi connectivity index (χ0v) is 10.7. The monoisotopic (exact) mass is 263 g/mol. The van der Waals surface area contributed by atoms with Crippen molar-refractivity contribution >= 4 is 18.1 Å². The molecule has 0 aliphatic rings. The zero-order chi connectivity index (χ0) is 13.0. The number of aromatic nitrogens is 4. The van der Waals surface area contributed by atoms with Gasteiger partial charge in [0.15, 0.2) is 0 Å². The van der Waals surface area contributed by atoms with Gasteiger partial charge >= 0.3 is 0 Å². The first-order valence-corrected chi connectivity index (χ1v) is 5.88. The van der Waals surface area contributed by atoms with Crippen LogP contribution < -0.4 is 5.32 Å². The summed E-state index contributed by atoms with van der Waals surface area (Å²) < 4.78 is 2.12. The van der Waals surface area contributed by atoms with Crippen molar-refractivity contribution in [2.75, 3.05) is 6.54 Å². The molecule has 0 bridgehead atoms. The second kappa shape index (κ2) is 5.54. The molecule has 0 spiro atoms. The molecule has 0 aliphatic carbocycles. The zero-order valence-electron chi connectivity index (χ0n) is 9.88. The Bertz CT molecular complexity index is 603. The van der Waals surface area contributed by atoms with Gasteiger partial charge in [0.1, 0.15) is 16.8 Å². The minimum atomic E-state index is -0.181. The largest absolute Gasteiger partial charge is 0.352 e. The Morgan fingerprint density at radius 1 is 1.61 bits per heavy atom. The van der Waals surface area contributed by atoms with Crippen LogP contribution in [0.3, 0.4) is 0 Å². The van der Waals surface area contributed by atoms with E-state index in [9.17, 15) is 4.79 Å². The maximum atomic E-state index is 11.8. The molecular formula is C11H13N5OS. The number of H-pyrrole nitrogens is 1. The summed E-state index contributed by atoms with van der Waals surface area (Å²) in [6.45, 7) is 0.495. The van der Waals surface area contributed by atoms with Crippen molar-refractivity contribution in [3.8, 4) is 0 Å². The Hall–Kier alpha value is -2.02. The maximum absolute atomic E-state index is 11.8. The summed E-state index contributed by atoms with van der Waals surface area (Å²) in [6.07, 6.45) is 3.81. The molecule has 0 saturated heterocycles. The van der Waals surface area contributed by atoms with E-state index in [0.717, 1.165) is 5.82 Å². The van der Waals surface area contributed by atoms with E-state index in [1.807, 2.05) is 7.05 Å². The van der Waals surface area contributed by atoms with Gasteiger partial charge in [-0.2, -0.15) is 5.10 Å². The number of rotatable bonds is 4. The lowest BCUT2D eigenvalue weighted by molar-refractivity contribution is 0.0953. The molecule has 1 amide bonds. The summed E-state index contributed by atoms with van der Waals surface area (Å²) in [5, 5.41) is 6.76. The molecule has 0 fully saturated rings. The smallest absolute Gasteiger partial charge is 0.254 e. The molecule has 2 N–H and O–H groups in total. The molecule has 94 valence electrons. The topological polar surface area (TPSA) is 75.6 Å². The first kappa shape index (κ1) is 12.4. The Morgan fingerprint density at radius 3 is 3.11 bits per heavy atom. The predicted octanol–water partition coefficient (Wildman–Crippen LogP) is 0.845.